The molecule has 0 nitrogen and oxygen atoms in total. The molecule has 31 heavy (non-hydrogen) atoms. The summed E-state index contributed by atoms with van der Waals surface area (Å²) in [7, 11) is 0. The Kier molecular flexibility index (Phi) is 11.3. The highest BCUT2D eigenvalue weighted by Gasteiger charge is 2.30. The Labute approximate surface area is 194 Å². The molecule has 3 rings (SSSR count). The van der Waals surface area contributed by atoms with Crippen molar-refractivity contribution in [2.45, 2.75) is 129 Å². The molecule has 2 aliphatic rings. The Hall–Kier alpha value is -1.04. The fraction of sp³-hybridized carbons (Fsp3) is 0.742. The van der Waals surface area contributed by atoms with E-state index in [0.717, 1.165) is 23.7 Å². The van der Waals surface area contributed by atoms with Gasteiger partial charge in [0.15, 0.2) is 0 Å². The Morgan fingerprint density at radius 2 is 1.48 bits per heavy atom. The lowest BCUT2D eigenvalue weighted by Crippen LogP contribution is -2.23. The van der Waals surface area contributed by atoms with Crippen molar-refractivity contribution in [1.82, 2.24) is 0 Å². The van der Waals surface area contributed by atoms with Crippen LogP contribution in [-0.4, -0.2) is 0 Å². The van der Waals surface area contributed by atoms with Gasteiger partial charge in [0.2, 0.25) is 0 Å². The van der Waals surface area contributed by atoms with Crippen LogP contribution in [0.3, 0.4) is 0 Å². The van der Waals surface area contributed by atoms with Gasteiger partial charge in [-0.15, -0.1) is 0 Å². The number of rotatable bonds is 13. The molecule has 0 radical (unpaired) electrons. The van der Waals surface area contributed by atoms with Gasteiger partial charge < -0.3 is 0 Å². The van der Waals surface area contributed by atoms with Crippen LogP contribution >= 0.6 is 0 Å². The minimum Gasteiger partial charge on any atom is -0.0885 e. The lowest BCUT2D eigenvalue weighted by molar-refractivity contribution is 0.210. The molecule has 0 aromatic heterocycles. The van der Waals surface area contributed by atoms with Gasteiger partial charge >= 0.3 is 0 Å². The Balaban J connectivity index is 1.59. The van der Waals surface area contributed by atoms with Crippen LogP contribution < -0.4 is 0 Å². The van der Waals surface area contributed by atoms with Crippen LogP contribution in [-0.2, 0) is 6.42 Å². The maximum atomic E-state index is 2.52. The summed E-state index contributed by atoms with van der Waals surface area (Å²) in [5.41, 5.74) is 3.21. The van der Waals surface area contributed by atoms with Gasteiger partial charge in [0.25, 0.3) is 0 Å². The molecule has 2 atom stereocenters. The van der Waals surface area contributed by atoms with E-state index in [0.29, 0.717) is 0 Å². The topological polar surface area (TPSA) is 0 Å². The molecule has 2 unspecified atom stereocenters. The summed E-state index contributed by atoms with van der Waals surface area (Å²) < 4.78 is 0. The normalized spacial score (nSPS) is 24.9. The first kappa shape index (κ1) is 24.6. The van der Waals surface area contributed by atoms with Gasteiger partial charge in [-0.2, -0.15) is 0 Å². The molecule has 2 aliphatic carbocycles. The molecule has 0 heteroatoms. The van der Waals surface area contributed by atoms with Crippen LogP contribution in [0.15, 0.2) is 36.4 Å². The number of hydrogen-bond acceptors (Lipinski definition) is 0. The summed E-state index contributed by atoms with van der Waals surface area (Å²) in [5.74, 6) is 3.64. The second-order valence-corrected chi connectivity index (χ2v) is 10.8. The van der Waals surface area contributed by atoms with Gasteiger partial charge in [-0.25, -0.2) is 0 Å². The summed E-state index contributed by atoms with van der Waals surface area (Å²) in [4.78, 5) is 0. The van der Waals surface area contributed by atoms with Crippen LogP contribution in [0, 0.1) is 17.8 Å². The monoisotopic (exact) mass is 422 g/mol. The quantitative estimate of drug-likeness (QED) is 0.219. The SMILES string of the molecule is CCCCCCc1ccc(C(CC2CC=CCC2)C2CCC(CCCCC)CC2)cc1. The molecule has 0 saturated heterocycles. The fourth-order valence-electron chi connectivity index (χ4n) is 6.28. The molecule has 1 aromatic carbocycles. The van der Waals surface area contributed by atoms with Crippen LogP contribution in [0.5, 0.6) is 0 Å². The molecule has 1 fully saturated rings. The predicted molar refractivity (Wildman–Crippen MR) is 138 cm³/mol. The van der Waals surface area contributed by atoms with E-state index in [4.69, 9.17) is 0 Å². The largest absolute Gasteiger partial charge is 0.0885 e. The number of allylic oxidation sites excluding steroid dienone is 2. The van der Waals surface area contributed by atoms with Crippen molar-refractivity contribution < 1.29 is 0 Å². The third-order valence-electron chi connectivity index (χ3n) is 8.37. The predicted octanol–water partition coefficient (Wildman–Crippen LogP) is 10.0. The molecular weight excluding hydrogens is 372 g/mol. The standard InChI is InChI=1S/C31H50/c1-3-5-7-10-14-27-19-23-30(24-20-27)31(25-28-15-11-8-12-16-28)29-21-17-26(18-22-29)13-9-6-4-2/h8,11,19-20,23-24,26,28-29,31H,3-7,9-10,12-18,21-22,25H2,1-2H3. The molecule has 1 saturated carbocycles. The van der Waals surface area contributed by atoms with Crippen molar-refractivity contribution in [2.24, 2.45) is 17.8 Å². The first-order valence-electron chi connectivity index (χ1n) is 14.0. The second kappa shape index (κ2) is 14.2. The molecule has 174 valence electrons. The van der Waals surface area contributed by atoms with E-state index in [1.165, 1.54) is 109 Å². The number of benzene rings is 1. The average Bonchev–Trinajstić information content (AvgIpc) is 2.82. The average molecular weight is 423 g/mol. The van der Waals surface area contributed by atoms with Crippen molar-refractivity contribution in [3.8, 4) is 0 Å². The molecule has 0 heterocycles. The molecule has 0 amide bonds. The summed E-state index contributed by atoms with van der Waals surface area (Å²) in [6.07, 6.45) is 28.7. The van der Waals surface area contributed by atoms with Crippen LogP contribution in [0.2, 0.25) is 0 Å². The first-order valence-corrected chi connectivity index (χ1v) is 14.0. The molecule has 0 N–H and O–H groups in total. The molecule has 1 aromatic rings. The molecule has 0 bridgehead atoms. The molecular formula is C31H50. The van der Waals surface area contributed by atoms with Gasteiger partial charge in [0, 0.05) is 0 Å². The summed E-state index contributed by atoms with van der Waals surface area (Å²) in [5, 5.41) is 0. The minimum atomic E-state index is 0.794. The van der Waals surface area contributed by atoms with E-state index in [-0.39, 0.29) is 0 Å². The maximum absolute atomic E-state index is 2.52. The van der Waals surface area contributed by atoms with Gasteiger partial charge in [0.05, 0.1) is 0 Å². The highest BCUT2D eigenvalue weighted by Crippen LogP contribution is 2.44. The van der Waals surface area contributed by atoms with E-state index in [9.17, 15) is 0 Å². The molecule has 0 aliphatic heterocycles. The summed E-state index contributed by atoms with van der Waals surface area (Å²) in [6.45, 7) is 4.63. The van der Waals surface area contributed by atoms with Crippen molar-refractivity contribution >= 4 is 0 Å². The van der Waals surface area contributed by atoms with Crippen LogP contribution in [0.25, 0.3) is 0 Å². The minimum absolute atomic E-state index is 0.794. The fourth-order valence-corrected chi connectivity index (χ4v) is 6.28. The van der Waals surface area contributed by atoms with Gasteiger partial charge in [-0.1, -0.05) is 108 Å². The lowest BCUT2D eigenvalue weighted by atomic mass is 9.69. The van der Waals surface area contributed by atoms with Gasteiger partial charge in [-0.3, -0.25) is 0 Å². The highest BCUT2D eigenvalue weighted by atomic mass is 14.3. The molecule has 0 spiro atoms. The van der Waals surface area contributed by atoms with E-state index in [2.05, 4.69) is 50.3 Å². The summed E-state index contributed by atoms with van der Waals surface area (Å²) in [6, 6.07) is 9.97. The number of hydrogen-bond donors (Lipinski definition) is 0. The zero-order valence-electron chi connectivity index (χ0n) is 20.8. The zero-order chi connectivity index (χ0) is 21.7. The third-order valence-corrected chi connectivity index (χ3v) is 8.37. The van der Waals surface area contributed by atoms with E-state index in [1.807, 2.05) is 0 Å². The number of unbranched alkanes of at least 4 members (excludes halogenated alkanes) is 5. The van der Waals surface area contributed by atoms with E-state index in [1.54, 1.807) is 11.1 Å². The van der Waals surface area contributed by atoms with Crippen molar-refractivity contribution in [2.75, 3.05) is 0 Å². The maximum Gasteiger partial charge on any atom is -0.0131 e. The third kappa shape index (κ3) is 8.43. The Bertz CT molecular complexity index is 601. The van der Waals surface area contributed by atoms with Crippen LogP contribution in [0.1, 0.15) is 134 Å². The first-order chi connectivity index (χ1) is 15.3. The zero-order valence-corrected chi connectivity index (χ0v) is 20.8. The van der Waals surface area contributed by atoms with Gasteiger partial charge in [-0.05, 0) is 86.2 Å². The second-order valence-electron chi connectivity index (χ2n) is 10.8. The smallest absolute Gasteiger partial charge is 0.0131 e. The van der Waals surface area contributed by atoms with E-state index < -0.39 is 0 Å². The summed E-state index contributed by atoms with van der Waals surface area (Å²) >= 11 is 0. The van der Waals surface area contributed by atoms with Crippen molar-refractivity contribution in [3.05, 3.63) is 47.5 Å². The highest BCUT2D eigenvalue weighted by molar-refractivity contribution is 5.26. The Morgan fingerprint density at radius 1 is 0.742 bits per heavy atom. The van der Waals surface area contributed by atoms with Crippen molar-refractivity contribution in [3.63, 3.8) is 0 Å². The Morgan fingerprint density at radius 3 is 2.16 bits per heavy atom. The van der Waals surface area contributed by atoms with E-state index >= 15 is 0 Å². The van der Waals surface area contributed by atoms with Crippen LogP contribution in [0.4, 0.5) is 0 Å². The lowest BCUT2D eigenvalue weighted by Gasteiger charge is -2.36. The van der Waals surface area contributed by atoms with Crippen molar-refractivity contribution in [1.29, 1.82) is 0 Å². The number of aryl methyl sites for hydroxylation is 1. The van der Waals surface area contributed by atoms with Gasteiger partial charge in [0.1, 0.15) is 0 Å².